The molecule has 9 N–H and O–H groups in total. The van der Waals surface area contributed by atoms with E-state index < -0.39 is 86.8 Å². The molecule has 0 saturated carbocycles. The zero-order valence-corrected chi connectivity index (χ0v) is 55.6. The van der Waals surface area contributed by atoms with Gasteiger partial charge in [-0.2, -0.15) is 0 Å². The first kappa shape index (κ1) is 82.0. The molecule has 0 aromatic heterocycles. The van der Waals surface area contributed by atoms with E-state index in [2.05, 4.69) is 153 Å². The molecule has 2 rings (SSSR count). The fourth-order valence-corrected chi connectivity index (χ4v) is 10.4. The van der Waals surface area contributed by atoms with E-state index in [1.54, 1.807) is 6.08 Å². The first-order chi connectivity index (χ1) is 44.1. The van der Waals surface area contributed by atoms with Crippen molar-refractivity contribution < 1.29 is 64.6 Å². The predicted octanol–water partition coefficient (Wildman–Crippen LogP) is 14.5. The topological polar surface area (TPSA) is 228 Å². The molecule has 2 saturated heterocycles. The number of amides is 1. The van der Waals surface area contributed by atoms with Crippen molar-refractivity contribution in [2.45, 2.75) is 306 Å². The molecule has 0 aromatic rings. The van der Waals surface area contributed by atoms with Gasteiger partial charge in [0.2, 0.25) is 5.91 Å². The molecule has 0 spiro atoms. The summed E-state index contributed by atoms with van der Waals surface area (Å²) in [5.74, 6) is -0.263. The second-order valence-electron chi connectivity index (χ2n) is 23.9. The van der Waals surface area contributed by atoms with Crippen LogP contribution in [0, 0.1) is 0 Å². The van der Waals surface area contributed by atoms with Crippen molar-refractivity contribution in [1.82, 2.24) is 5.32 Å². The van der Waals surface area contributed by atoms with Crippen LogP contribution in [0.15, 0.2) is 146 Å². The van der Waals surface area contributed by atoms with Gasteiger partial charge in [-0.3, -0.25) is 4.79 Å². The minimum Gasteiger partial charge on any atom is -0.394 e. The lowest BCUT2D eigenvalue weighted by molar-refractivity contribution is -0.359. The van der Waals surface area contributed by atoms with Crippen LogP contribution in [0.4, 0.5) is 0 Å². The molecule has 512 valence electrons. The van der Waals surface area contributed by atoms with Gasteiger partial charge in [0.05, 0.1) is 32.0 Å². The van der Waals surface area contributed by atoms with E-state index >= 15 is 0 Å². The van der Waals surface area contributed by atoms with Crippen LogP contribution in [-0.2, 0) is 23.7 Å². The first-order valence-electron chi connectivity index (χ1n) is 35.1. The number of aliphatic hydroxyl groups excluding tert-OH is 8. The van der Waals surface area contributed by atoms with Crippen LogP contribution in [0.1, 0.15) is 232 Å². The first-order valence-corrected chi connectivity index (χ1v) is 35.1. The molecule has 0 bridgehead atoms. The molecule has 0 aliphatic carbocycles. The number of hydrogen-bond acceptors (Lipinski definition) is 13. The third kappa shape index (κ3) is 42.2. The van der Waals surface area contributed by atoms with E-state index in [0.29, 0.717) is 12.8 Å². The Labute approximate surface area is 544 Å². The highest BCUT2D eigenvalue weighted by Gasteiger charge is 2.51. The van der Waals surface area contributed by atoms with Crippen LogP contribution in [0.3, 0.4) is 0 Å². The molecule has 0 radical (unpaired) electrons. The van der Waals surface area contributed by atoms with Crippen LogP contribution < -0.4 is 5.32 Å². The van der Waals surface area contributed by atoms with Crippen molar-refractivity contribution in [1.29, 1.82) is 0 Å². The molecule has 12 atom stereocenters. The number of ether oxygens (including phenoxy) is 4. The zero-order valence-electron chi connectivity index (χ0n) is 55.6. The zero-order chi connectivity index (χ0) is 65.2. The number of hydrogen-bond donors (Lipinski definition) is 9. The molecule has 2 aliphatic rings. The Balaban J connectivity index is 1.65. The Morgan fingerprint density at radius 1 is 0.411 bits per heavy atom. The lowest BCUT2D eigenvalue weighted by Crippen LogP contribution is -2.65. The number of aliphatic hydroxyl groups is 8. The number of unbranched alkanes of at least 4 members (excludes halogenated alkanes) is 20. The van der Waals surface area contributed by atoms with E-state index in [1.807, 2.05) is 6.08 Å². The van der Waals surface area contributed by atoms with Crippen LogP contribution in [0.5, 0.6) is 0 Å². The molecule has 0 aromatic carbocycles. The van der Waals surface area contributed by atoms with Gasteiger partial charge in [0.15, 0.2) is 12.6 Å². The molecule has 90 heavy (non-hydrogen) atoms. The third-order valence-electron chi connectivity index (χ3n) is 16.0. The van der Waals surface area contributed by atoms with Crippen molar-refractivity contribution in [3.05, 3.63) is 146 Å². The van der Waals surface area contributed by atoms with Crippen molar-refractivity contribution in [3.8, 4) is 0 Å². The molecule has 14 heteroatoms. The summed E-state index contributed by atoms with van der Waals surface area (Å²) in [4.78, 5) is 13.3. The summed E-state index contributed by atoms with van der Waals surface area (Å²) < 4.78 is 22.8. The maximum atomic E-state index is 13.3. The number of carbonyl (C=O) groups excluding carboxylic acids is 1. The maximum absolute atomic E-state index is 13.3. The average Bonchev–Trinajstić information content (AvgIpc) is 1.04. The lowest BCUT2D eigenvalue weighted by Gasteiger charge is -2.46. The third-order valence-corrected chi connectivity index (χ3v) is 16.0. The van der Waals surface area contributed by atoms with Crippen molar-refractivity contribution in [3.63, 3.8) is 0 Å². The van der Waals surface area contributed by atoms with Gasteiger partial charge in [-0.25, -0.2) is 0 Å². The van der Waals surface area contributed by atoms with Gasteiger partial charge in [0.1, 0.15) is 48.8 Å². The summed E-state index contributed by atoms with van der Waals surface area (Å²) in [6.45, 7) is 2.64. The Hall–Kier alpha value is -4.13. The normalized spacial score (nSPS) is 23.8. The van der Waals surface area contributed by atoms with E-state index in [-0.39, 0.29) is 18.9 Å². The maximum Gasteiger partial charge on any atom is 0.220 e. The molecular formula is C76H125NO13. The summed E-state index contributed by atoms with van der Waals surface area (Å²) in [6.07, 6.45) is 71.8. The molecule has 1 amide bonds. The number of allylic oxidation sites excluding steroid dienone is 23. The standard InChI is InChI=1S/C76H125NO13/c1-3-5-7-9-11-13-15-17-19-21-22-23-24-25-26-27-28-29-30-31-32-33-34-35-36-37-38-39-40-41-42-44-46-48-50-52-54-56-58-60-68(81)77-64(65(80)59-57-55-53-51-49-47-45-43-20-18-16-14-12-10-8-6-4-2)63-87-75-73(86)71(84)74(67(62-79)89-75)90-76-72(85)70(83)69(82)66(61-78)88-76/h5,7,11,13,17,19-20,22-23,25-26,28-29,31-32,34-35,37-38,43,49,51,57,59,64-67,69-76,78-80,82-86H,3-4,6,8-10,12,14-16,18,21,24,27,30,33,36,39-42,44-48,50,52-56,58,60-63H2,1-2H3,(H,77,81)/b7-5-,13-11-,19-17-,23-22-,26-25-,29-28-,32-31-,35-34-,38-37-,43-20+,51-49+,59-57+. The largest absolute Gasteiger partial charge is 0.394 e. The molecule has 2 fully saturated rings. The summed E-state index contributed by atoms with van der Waals surface area (Å²) in [5, 5.41) is 87.3. The summed E-state index contributed by atoms with van der Waals surface area (Å²) >= 11 is 0. The van der Waals surface area contributed by atoms with Crippen molar-refractivity contribution >= 4 is 5.91 Å². The minimum absolute atomic E-state index is 0.257. The SMILES string of the molecule is CC/C=C\C/C=C\C/C=C\C/C=C\C/C=C\C/C=C\C/C=C\C/C=C\C/C=C\CCCCCCCCCCCCCC(=O)NC(COC1OC(CO)C(OC2OC(CO)C(O)C(O)C2O)C(O)C1O)C(O)/C=C/CC/C=C/CC/C=C/CCCCCCCCC. The Kier molecular flexibility index (Phi) is 53.4. The highest BCUT2D eigenvalue weighted by atomic mass is 16.7. The van der Waals surface area contributed by atoms with Gasteiger partial charge in [0, 0.05) is 6.42 Å². The van der Waals surface area contributed by atoms with Crippen molar-refractivity contribution in [2.24, 2.45) is 0 Å². The molecule has 14 nitrogen and oxygen atoms in total. The summed E-state index contributed by atoms with van der Waals surface area (Å²) in [7, 11) is 0. The van der Waals surface area contributed by atoms with Gasteiger partial charge < -0.3 is 65.1 Å². The van der Waals surface area contributed by atoms with Crippen molar-refractivity contribution in [2.75, 3.05) is 19.8 Å². The fraction of sp³-hybridized carbons (Fsp3) is 0.671. The van der Waals surface area contributed by atoms with E-state index in [0.717, 1.165) is 109 Å². The summed E-state index contributed by atoms with van der Waals surface area (Å²) in [6, 6.07) is -0.950. The fourth-order valence-electron chi connectivity index (χ4n) is 10.4. The van der Waals surface area contributed by atoms with Gasteiger partial charge in [-0.15, -0.1) is 0 Å². The van der Waals surface area contributed by atoms with Gasteiger partial charge in [-0.05, 0) is 116 Å². The second kappa shape index (κ2) is 58.7. The van der Waals surface area contributed by atoms with Gasteiger partial charge in [-0.1, -0.05) is 256 Å². The summed E-state index contributed by atoms with van der Waals surface area (Å²) in [5.41, 5.74) is 0. The van der Waals surface area contributed by atoms with E-state index in [1.165, 1.54) is 89.9 Å². The molecular weight excluding hydrogens is 1130 g/mol. The molecule has 2 aliphatic heterocycles. The smallest absolute Gasteiger partial charge is 0.220 e. The number of rotatable bonds is 55. The minimum atomic E-state index is -1.80. The lowest BCUT2D eigenvalue weighted by atomic mass is 9.97. The average molecular weight is 1260 g/mol. The van der Waals surface area contributed by atoms with Crippen LogP contribution in [0.2, 0.25) is 0 Å². The van der Waals surface area contributed by atoms with Gasteiger partial charge >= 0.3 is 0 Å². The Bertz CT molecular complexity index is 2070. The highest BCUT2D eigenvalue weighted by molar-refractivity contribution is 5.76. The highest BCUT2D eigenvalue weighted by Crippen LogP contribution is 2.30. The van der Waals surface area contributed by atoms with E-state index in [9.17, 15) is 45.6 Å². The quantitative estimate of drug-likeness (QED) is 0.0204. The van der Waals surface area contributed by atoms with Gasteiger partial charge in [0.25, 0.3) is 0 Å². The number of carbonyl (C=O) groups is 1. The Morgan fingerprint density at radius 2 is 0.778 bits per heavy atom. The second-order valence-corrected chi connectivity index (χ2v) is 23.9. The molecule has 2 heterocycles. The predicted molar refractivity (Wildman–Crippen MR) is 368 cm³/mol. The monoisotopic (exact) mass is 1260 g/mol. The van der Waals surface area contributed by atoms with Crippen LogP contribution in [0.25, 0.3) is 0 Å². The van der Waals surface area contributed by atoms with E-state index in [4.69, 9.17) is 18.9 Å². The molecule has 12 unspecified atom stereocenters. The Morgan fingerprint density at radius 3 is 1.22 bits per heavy atom. The van der Waals surface area contributed by atoms with Crippen LogP contribution >= 0.6 is 0 Å². The number of nitrogens with one attached hydrogen (secondary N) is 1. The van der Waals surface area contributed by atoms with Crippen LogP contribution in [-0.4, -0.2) is 140 Å².